The zero-order valence-electron chi connectivity index (χ0n) is 24.8. The minimum absolute atomic E-state index is 0.418. The molecule has 0 amide bonds. The molecular weight excluding hydrogens is 478 g/mol. The van der Waals surface area contributed by atoms with Crippen LogP contribution < -0.4 is 11.1 Å². The van der Waals surface area contributed by atoms with E-state index in [0.29, 0.717) is 18.5 Å². The molecule has 0 saturated carbocycles. The summed E-state index contributed by atoms with van der Waals surface area (Å²) in [5.74, 6) is 1.54. The maximum Gasteiger partial charge on any atom is 0.206 e. The number of hydrogen-bond acceptors (Lipinski definition) is 5. The lowest BCUT2D eigenvalue weighted by Crippen LogP contribution is -2.53. The molecule has 1 fully saturated rings. The number of nitrogens with two attached hydrogens (primary N) is 1. The van der Waals surface area contributed by atoms with E-state index < -0.39 is 0 Å². The first-order chi connectivity index (χ1) is 18.8. The first kappa shape index (κ1) is 31.4. The van der Waals surface area contributed by atoms with Crippen molar-refractivity contribution in [3.05, 3.63) is 121 Å². The van der Waals surface area contributed by atoms with Gasteiger partial charge in [-0.3, -0.25) is 0 Å². The van der Waals surface area contributed by atoms with E-state index in [9.17, 15) is 0 Å². The smallest absolute Gasteiger partial charge is 0.206 e. The number of allylic oxidation sites excluding steroid dienone is 2. The Morgan fingerprint density at radius 2 is 1.74 bits per heavy atom. The maximum atomic E-state index is 5.96. The summed E-state index contributed by atoms with van der Waals surface area (Å²) in [5, 5.41) is 3.23. The topological polar surface area (TPSA) is 56.9 Å². The number of nitrogens with zero attached hydrogens (tertiary/aromatic N) is 3. The predicted molar refractivity (Wildman–Crippen MR) is 171 cm³/mol. The average Bonchev–Trinajstić information content (AvgIpc) is 2.95. The Bertz CT molecular complexity index is 1220. The third-order valence-electron chi connectivity index (χ3n) is 6.91. The standard InChI is InChI=1S/C21H24N4.C9H13N.C2H6.C2H4/c1-14-9-17(11-22)20-19(10-14)15(2)24(3)21(23-20)25-12-18(13-25)16-7-5-4-6-8-16;1-4-9-5-7(2)6-10-8(9)3;2*1-2/h4-10,18H,2,11-13,22H2,1,3H3;4-6,8,10H,1H2,2-3H3;1-2H3;1-2H2. The Kier molecular flexibility index (Phi) is 12.0. The summed E-state index contributed by atoms with van der Waals surface area (Å²) >= 11 is 0. The third-order valence-corrected chi connectivity index (χ3v) is 6.91. The lowest BCUT2D eigenvalue weighted by Gasteiger charge is -2.45. The van der Waals surface area contributed by atoms with Gasteiger partial charge in [-0.2, -0.15) is 0 Å². The van der Waals surface area contributed by atoms with Crippen LogP contribution in [0.3, 0.4) is 0 Å². The number of likely N-dealkylation sites (tertiary alicyclic amines) is 1. The van der Waals surface area contributed by atoms with Crippen LogP contribution in [0.2, 0.25) is 0 Å². The molecule has 3 heterocycles. The average molecular weight is 526 g/mol. The molecule has 208 valence electrons. The van der Waals surface area contributed by atoms with Gasteiger partial charge in [-0.25, -0.2) is 4.99 Å². The zero-order valence-corrected chi connectivity index (χ0v) is 24.8. The molecule has 1 atom stereocenters. The van der Waals surface area contributed by atoms with Crippen LogP contribution in [0.15, 0.2) is 103 Å². The summed E-state index contributed by atoms with van der Waals surface area (Å²) in [5.41, 5.74) is 15.2. The van der Waals surface area contributed by atoms with E-state index in [1.807, 2.05) is 33.2 Å². The van der Waals surface area contributed by atoms with E-state index in [4.69, 9.17) is 10.7 Å². The highest BCUT2D eigenvalue weighted by Crippen LogP contribution is 2.38. The maximum absolute atomic E-state index is 5.96. The van der Waals surface area contributed by atoms with Gasteiger partial charge in [-0.1, -0.05) is 75.6 Å². The molecule has 0 aromatic heterocycles. The zero-order chi connectivity index (χ0) is 29.1. The van der Waals surface area contributed by atoms with Crippen molar-refractivity contribution in [2.24, 2.45) is 10.7 Å². The quantitative estimate of drug-likeness (QED) is 0.414. The molecule has 5 nitrogen and oxygen atoms in total. The monoisotopic (exact) mass is 525 g/mol. The Balaban J connectivity index is 0.000000320. The van der Waals surface area contributed by atoms with Gasteiger partial charge in [0.1, 0.15) is 0 Å². The molecular formula is C34H47N5. The number of rotatable bonds is 3. The summed E-state index contributed by atoms with van der Waals surface area (Å²) in [6.07, 6.45) is 6.07. The normalized spacial score (nSPS) is 17.6. The van der Waals surface area contributed by atoms with Crippen LogP contribution >= 0.6 is 0 Å². The molecule has 1 unspecified atom stereocenters. The van der Waals surface area contributed by atoms with E-state index in [-0.39, 0.29) is 0 Å². The van der Waals surface area contributed by atoms with Crippen LogP contribution in [0.25, 0.3) is 5.70 Å². The summed E-state index contributed by atoms with van der Waals surface area (Å²) in [6.45, 7) is 26.8. The largest absolute Gasteiger partial charge is 0.384 e. The molecule has 1 saturated heterocycles. The summed E-state index contributed by atoms with van der Waals surface area (Å²) in [7, 11) is 2.05. The van der Waals surface area contributed by atoms with Gasteiger partial charge in [0.2, 0.25) is 5.96 Å². The fourth-order valence-electron chi connectivity index (χ4n) is 4.72. The van der Waals surface area contributed by atoms with E-state index in [2.05, 4.69) is 111 Å². The summed E-state index contributed by atoms with van der Waals surface area (Å²) < 4.78 is 0. The van der Waals surface area contributed by atoms with Crippen LogP contribution in [0.5, 0.6) is 0 Å². The number of fused-ring (bicyclic) bond motifs is 1. The number of aryl methyl sites for hydroxylation is 1. The van der Waals surface area contributed by atoms with Crippen molar-refractivity contribution in [3.8, 4) is 0 Å². The molecule has 0 spiro atoms. The lowest BCUT2D eigenvalue weighted by atomic mass is 9.91. The molecule has 0 bridgehead atoms. The van der Waals surface area contributed by atoms with Crippen molar-refractivity contribution in [3.63, 3.8) is 0 Å². The van der Waals surface area contributed by atoms with Crippen molar-refractivity contribution >= 4 is 17.3 Å². The van der Waals surface area contributed by atoms with Gasteiger partial charge in [0.25, 0.3) is 0 Å². The second-order valence-electron chi connectivity index (χ2n) is 9.58. The van der Waals surface area contributed by atoms with Crippen LogP contribution in [-0.2, 0) is 6.54 Å². The first-order valence-corrected chi connectivity index (χ1v) is 13.7. The Morgan fingerprint density at radius 3 is 2.31 bits per heavy atom. The van der Waals surface area contributed by atoms with Gasteiger partial charge in [-0.05, 0) is 60.9 Å². The second-order valence-corrected chi connectivity index (χ2v) is 9.58. The van der Waals surface area contributed by atoms with Crippen molar-refractivity contribution in [1.82, 2.24) is 15.1 Å². The highest BCUT2D eigenvalue weighted by atomic mass is 15.4. The highest BCUT2D eigenvalue weighted by Gasteiger charge is 2.35. The number of aliphatic imine (C=N–C) groups is 1. The molecule has 39 heavy (non-hydrogen) atoms. The lowest BCUT2D eigenvalue weighted by molar-refractivity contribution is 0.232. The number of guanidine groups is 1. The van der Waals surface area contributed by atoms with E-state index in [1.165, 1.54) is 22.3 Å². The minimum atomic E-state index is 0.418. The van der Waals surface area contributed by atoms with Crippen LogP contribution in [-0.4, -0.2) is 41.9 Å². The number of nitrogens with one attached hydrogen (secondary N) is 1. The fraction of sp³-hybridized carbons (Fsp3) is 0.324. The van der Waals surface area contributed by atoms with Crippen LogP contribution in [0, 0.1) is 6.92 Å². The van der Waals surface area contributed by atoms with Crippen molar-refractivity contribution < 1.29 is 0 Å². The van der Waals surface area contributed by atoms with Gasteiger partial charge >= 0.3 is 0 Å². The molecule has 3 N–H and O–H groups in total. The third kappa shape index (κ3) is 7.39. The van der Waals surface area contributed by atoms with Gasteiger partial charge in [0.05, 0.1) is 5.69 Å². The molecule has 0 radical (unpaired) electrons. The van der Waals surface area contributed by atoms with Gasteiger partial charge in [-0.15, -0.1) is 13.2 Å². The molecule has 2 aromatic rings. The van der Waals surface area contributed by atoms with Gasteiger partial charge < -0.3 is 20.9 Å². The van der Waals surface area contributed by atoms with E-state index in [1.54, 1.807) is 0 Å². The van der Waals surface area contributed by atoms with E-state index >= 15 is 0 Å². The minimum Gasteiger partial charge on any atom is -0.384 e. The molecule has 3 aliphatic heterocycles. The van der Waals surface area contributed by atoms with Crippen molar-refractivity contribution in [2.75, 3.05) is 20.1 Å². The Labute approximate surface area is 236 Å². The van der Waals surface area contributed by atoms with Gasteiger partial charge in [0.15, 0.2) is 0 Å². The fourth-order valence-corrected chi connectivity index (χ4v) is 4.72. The Morgan fingerprint density at radius 1 is 1.10 bits per heavy atom. The molecule has 0 aliphatic carbocycles. The first-order valence-electron chi connectivity index (χ1n) is 13.7. The van der Waals surface area contributed by atoms with Crippen molar-refractivity contribution in [2.45, 2.75) is 53.1 Å². The van der Waals surface area contributed by atoms with Crippen LogP contribution in [0.1, 0.15) is 55.9 Å². The Hall–Kier alpha value is -3.83. The number of hydrogen-bond donors (Lipinski definition) is 2. The predicted octanol–water partition coefficient (Wildman–Crippen LogP) is 7.28. The number of dihydropyridines is 1. The molecule has 5 rings (SSSR count). The summed E-state index contributed by atoms with van der Waals surface area (Å²) in [4.78, 5) is 9.39. The number of benzene rings is 2. The van der Waals surface area contributed by atoms with E-state index in [0.717, 1.165) is 41.6 Å². The van der Waals surface area contributed by atoms with Gasteiger partial charge in [0, 0.05) is 49.9 Å². The highest BCUT2D eigenvalue weighted by molar-refractivity contribution is 5.97. The molecule has 3 aliphatic rings. The summed E-state index contributed by atoms with van der Waals surface area (Å²) in [6, 6.07) is 15.4. The molecule has 5 heteroatoms. The van der Waals surface area contributed by atoms with Crippen molar-refractivity contribution in [1.29, 1.82) is 0 Å². The van der Waals surface area contributed by atoms with Crippen LogP contribution in [0.4, 0.5) is 5.69 Å². The molecule has 2 aromatic carbocycles. The SMILES string of the molecule is C=C.C=C1c2cc(C)cc(CN)c2N=C(N2CC(c3ccccc3)C2)N1C.C=CC1=CC(C)=CNC1C.CC. The second kappa shape index (κ2) is 14.9.